The van der Waals surface area contributed by atoms with Crippen LogP contribution in [0.4, 0.5) is 11.4 Å². The molecule has 2 aromatic rings. The Labute approximate surface area is 114 Å². The van der Waals surface area contributed by atoms with Gasteiger partial charge in [0.15, 0.2) is 0 Å². The number of rotatable bonds is 4. The molecule has 0 aliphatic carbocycles. The predicted octanol–water partition coefficient (Wildman–Crippen LogP) is 3.02. The largest absolute Gasteiger partial charge is 0.378 e. The first-order chi connectivity index (χ1) is 9.08. The number of benzene rings is 1. The van der Waals surface area contributed by atoms with Gasteiger partial charge < -0.3 is 10.2 Å². The van der Waals surface area contributed by atoms with Gasteiger partial charge in [-0.3, -0.25) is 9.97 Å². The number of nitrogens with one attached hydrogen (secondary N) is 1. The van der Waals surface area contributed by atoms with E-state index in [0.717, 1.165) is 11.4 Å². The Balaban J connectivity index is 2.15. The highest BCUT2D eigenvalue weighted by molar-refractivity contribution is 5.60. The summed E-state index contributed by atoms with van der Waals surface area (Å²) in [7, 11) is 4.09. The molecule has 1 aromatic carbocycles. The maximum Gasteiger partial charge on any atom is 0.0806 e. The average Bonchev–Trinajstić information content (AvgIpc) is 2.41. The highest BCUT2D eigenvalue weighted by Gasteiger charge is 2.08. The fourth-order valence-corrected chi connectivity index (χ4v) is 1.93. The van der Waals surface area contributed by atoms with E-state index in [2.05, 4.69) is 52.2 Å². The Morgan fingerprint density at radius 3 is 2.58 bits per heavy atom. The third-order valence-electron chi connectivity index (χ3n) is 3.13. The Bertz CT molecular complexity index is 537. The van der Waals surface area contributed by atoms with Crippen LogP contribution in [0.15, 0.2) is 36.8 Å². The first kappa shape index (κ1) is 13.3. The first-order valence-electron chi connectivity index (χ1n) is 6.38. The van der Waals surface area contributed by atoms with Gasteiger partial charge in [-0.05, 0) is 37.6 Å². The topological polar surface area (TPSA) is 41.0 Å². The van der Waals surface area contributed by atoms with E-state index in [4.69, 9.17) is 0 Å². The summed E-state index contributed by atoms with van der Waals surface area (Å²) in [5.74, 6) is 0. The van der Waals surface area contributed by atoms with E-state index in [0.29, 0.717) is 0 Å². The summed E-state index contributed by atoms with van der Waals surface area (Å²) < 4.78 is 0. The van der Waals surface area contributed by atoms with Crippen molar-refractivity contribution in [2.75, 3.05) is 24.3 Å². The van der Waals surface area contributed by atoms with E-state index in [1.807, 2.05) is 14.1 Å². The number of anilines is 2. The van der Waals surface area contributed by atoms with E-state index >= 15 is 0 Å². The van der Waals surface area contributed by atoms with Crippen molar-refractivity contribution in [1.82, 2.24) is 9.97 Å². The quantitative estimate of drug-likeness (QED) is 0.913. The Kier molecular flexibility index (Phi) is 4.00. The molecule has 1 N–H and O–H groups in total. The van der Waals surface area contributed by atoms with Crippen LogP contribution in [0, 0.1) is 6.92 Å². The molecular formula is C15H20N4. The molecule has 0 saturated heterocycles. The maximum absolute atomic E-state index is 4.32. The van der Waals surface area contributed by atoms with Crippen LogP contribution in [-0.2, 0) is 0 Å². The summed E-state index contributed by atoms with van der Waals surface area (Å²) in [6.07, 6.45) is 5.20. The molecule has 1 aromatic heterocycles. The minimum Gasteiger partial charge on any atom is -0.378 e. The molecule has 1 heterocycles. The molecule has 0 saturated carbocycles. The molecule has 2 rings (SSSR count). The van der Waals surface area contributed by atoms with E-state index < -0.39 is 0 Å². The van der Waals surface area contributed by atoms with Crippen LogP contribution in [0.25, 0.3) is 0 Å². The molecule has 0 aliphatic rings. The standard InChI is InChI=1S/C15H20N4/c1-11-9-13(19(3)4)5-6-14(11)18-12(2)15-10-16-7-8-17-15/h5-10,12,18H,1-4H3. The molecule has 0 radical (unpaired) electrons. The van der Waals surface area contributed by atoms with E-state index in [1.54, 1.807) is 18.6 Å². The highest BCUT2D eigenvalue weighted by atomic mass is 15.1. The third-order valence-corrected chi connectivity index (χ3v) is 3.13. The van der Waals surface area contributed by atoms with Gasteiger partial charge in [-0.1, -0.05) is 0 Å². The van der Waals surface area contributed by atoms with Crippen LogP contribution in [0.5, 0.6) is 0 Å². The van der Waals surface area contributed by atoms with Crippen molar-refractivity contribution in [1.29, 1.82) is 0 Å². The van der Waals surface area contributed by atoms with Gasteiger partial charge in [0.1, 0.15) is 0 Å². The molecular weight excluding hydrogens is 236 g/mol. The summed E-state index contributed by atoms with van der Waals surface area (Å²) in [6.45, 7) is 4.20. The first-order valence-corrected chi connectivity index (χ1v) is 6.38. The van der Waals surface area contributed by atoms with E-state index in [-0.39, 0.29) is 6.04 Å². The van der Waals surface area contributed by atoms with Gasteiger partial charge in [-0.2, -0.15) is 0 Å². The monoisotopic (exact) mass is 256 g/mol. The second-order valence-corrected chi connectivity index (χ2v) is 4.89. The molecule has 100 valence electrons. The average molecular weight is 256 g/mol. The van der Waals surface area contributed by atoms with Crippen LogP contribution in [0.3, 0.4) is 0 Å². The van der Waals surface area contributed by atoms with Crippen molar-refractivity contribution in [3.8, 4) is 0 Å². The zero-order chi connectivity index (χ0) is 13.8. The minimum atomic E-state index is 0.137. The van der Waals surface area contributed by atoms with Crippen molar-refractivity contribution in [3.63, 3.8) is 0 Å². The number of aryl methyl sites for hydroxylation is 1. The number of hydrogen-bond acceptors (Lipinski definition) is 4. The summed E-state index contributed by atoms with van der Waals surface area (Å²) in [5.41, 5.74) is 4.50. The lowest BCUT2D eigenvalue weighted by Crippen LogP contribution is -2.11. The molecule has 1 atom stereocenters. The van der Waals surface area contributed by atoms with Gasteiger partial charge in [-0.15, -0.1) is 0 Å². The fourth-order valence-electron chi connectivity index (χ4n) is 1.93. The van der Waals surface area contributed by atoms with E-state index in [9.17, 15) is 0 Å². The summed E-state index contributed by atoms with van der Waals surface area (Å²) in [5, 5.41) is 3.47. The lowest BCUT2D eigenvalue weighted by Gasteiger charge is -2.19. The lowest BCUT2D eigenvalue weighted by atomic mass is 10.1. The highest BCUT2D eigenvalue weighted by Crippen LogP contribution is 2.24. The molecule has 0 fully saturated rings. The van der Waals surface area contributed by atoms with Crippen molar-refractivity contribution >= 4 is 11.4 Å². The normalized spacial score (nSPS) is 12.0. The summed E-state index contributed by atoms with van der Waals surface area (Å²) in [6, 6.07) is 6.53. The Morgan fingerprint density at radius 2 is 2.00 bits per heavy atom. The molecule has 4 nitrogen and oxygen atoms in total. The van der Waals surface area contributed by atoms with Gasteiger partial charge in [0.05, 0.1) is 17.9 Å². The fraction of sp³-hybridized carbons (Fsp3) is 0.333. The minimum absolute atomic E-state index is 0.137. The van der Waals surface area contributed by atoms with Gasteiger partial charge in [-0.25, -0.2) is 0 Å². The zero-order valence-electron chi connectivity index (χ0n) is 11.9. The van der Waals surface area contributed by atoms with Crippen LogP contribution in [0.2, 0.25) is 0 Å². The smallest absolute Gasteiger partial charge is 0.0806 e. The lowest BCUT2D eigenvalue weighted by molar-refractivity contribution is 0.826. The number of nitrogens with zero attached hydrogens (tertiary/aromatic N) is 3. The van der Waals surface area contributed by atoms with Crippen molar-refractivity contribution in [3.05, 3.63) is 48.0 Å². The second-order valence-electron chi connectivity index (χ2n) is 4.89. The Hall–Kier alpha value is -2.10. The zero-order valence-corrected chi connectivity index (χ0v) is 11.9. The molecule has 1 unspecified atom stereocenters. The Morgan fingerprint density at radius 1 is 1.21 bits per heavy atom. The van der Waals surface area contributed by atoms with Crippen molar-refractivity contribution < 1.29 is 0 Å². The molecule has 19 heavy (non-hydrogen) atoms. The SMILES string of the molecule is Cc1cc(N(C)C)ccc1NC(C)c1cnccn1. The van der Waals surface area contributed by atoms with Crippen LogP contribution in [0.1, 0.15) is 24.2 Å². The molecule has 0 amide bonds. The molecule has 0 bridgehead atoms. The van der Waals surface area contributed by atoms with Crippen LogP contribution >= 0.6 is 0 Å². The van der Waals surface area contributed by atoms with E-state index in [1.165, 1.54) is 11.3 Å². The summed E-state index contributed by atoms with van der Waals surface area (Å²) >= 11 is 0. The van der Waals surface area contributed by atoms with Gasteiger partial charge in [0.25, 0.3) is 0 Å². The predicted molar refractivity (Wildman–Crippen MR) is 79.6 cm³/mol. The van der Waals surface area contributed by atoms with Crippen molar-refractivity contribution in [2.45, 2.75) is 19.9 Å². The molecule has 0 aliphatic heterocycles. The third kappa shape index (κ3) is 3.22. The van der Waals surface area contributed by atoms with Crippen molar-refractivity contribution in [2.24, 2.45) is 0 Å². The second kappa shape index (κ2) is 5.69. The van der Waals surface area contributed by atoms with Gasteiger partial charge >= 0.3 is 0 Å². The molecule has 0 spiro atoms. The number of hydrogen-bond donors (Lipinski definition) is 1. The maximum atomic E-state index is 4.32. The molecule has 4 heteroatoms. The van der Waals surface area contributed by atoms with Gasteiger partial charge in [0, 0.05) is 37.9 Å². The van der Waals surface area contributed by atoms with Gasteiger partial charge in [0.2, 0.25) is 0 Å². The van der Waals surface area contributed by atoms with Crippen LogP contribution < -0.4 is 10.2 Å². The number of aromatic nitrogens is 2. The van der Waals surface area contributed by atoms with Crippen LogP contribution in [-0.4, -0.2) is 24.1 Å². The summed E-state index contributed by atoms with van der Waals surface area (Å²) in [4.78, 5) is 10.5.